The van der Waals surface area contributed by atoms with E-state index in [0.717, 1.165) is 44.5 Å². The van der Waals surface area contributed by atoms with Crippen molar-refractivity contribution in [2.24, 2.45) is 0 Å². The van der Waals surface area contributed by atoms with Crippen LogP contribution in [0.15, 0.2) is 84.7 Å². The van der Waals surface area contributed by atoms with Gasteiger partial charge in [0.25, 0.3) is 0 Å². The highest BCUT2D eigenvalue weighted by Gasteiger charge is 2.16. The first-order valence-corrected chi connectivity index (χ1v) is 10.3. The SMILES string of the molecule is Cc1cc2cc(O)ccc2c(Oc2ccc(/C=C/PO)cc2)c1-c1ccccc1. The molecule has 1 atom stereocenters. The third-order valence-electron chi connectivity index (χ3n) is 4.79. The number of ether oxygens (including phenoxy) is 1. The lowest BCUT2D eigenvalue weighted by Gasteiger charge is -2.17. The van der Waals surface area contributed by atoms with E-state index in [-0.39, 0.29) is 14.6 Å². The van der Waals surface area contributed by atoms with Crippen LogP contribution in [0.1, 0.15) is 11.1 Å². The van der Waals surface area contributed by atoms with Gasteiger partial charge in [-0.15, -0.1) is 0 Å². The molecule has 4 heteroatoms. The summed E-state index contributed by atoms with van der Waals surface area (Å²) in [6, 6.07) is 25.3. The number of phenolic OH excluding ortho intramolecular Hbond substituents is 1. The maximum Gasteiger partial charge on any atom is 0.143 e. The monoisotopic (exact) mass is 400 g/mol. The van der Waals surface area contributed by atoms with Gasteiger partial charge in [0.05, 0.1) is 0 Å². The van der Waals surface area contributed by atoms with Gasteiger partial charge in [-0.25, -0.2) is 0 Å². The van der Waals surface area contributed by atoms with Crippen LogP contribution in [-0.2, 0) is 0 Å². The summed E-state index contributed by atoms with van der Waals surface area (Å²) in [4.78, 5) is 8.96. The highest BCUT2D eigenvalue weighted by atomic mass is 31.1. The maximum absolute atomic E-state index is 9.93. The molecule has 0 spiro atoms. The molecule has 4 rings (SSSR count). The van der Waals surface area contributed by atoms with E-state index in [9.17, 15) is 5.11 Å². The molecule has 4 aromatic carbocycles. The molecule has 4 aromatic rings. The average molecular weight is 400 g/mol. The molecule has 1 unspecified atom stereocenters. The van der Waals surface area contributed by atoms with Crippen molar-refractivity contribution in [2.45, 2.75) is 6.92 Å². The predicted molar refractivity (Wildman–Crippen MR) is 122 cm³/mol. The Morgan fingerprint density at radius 3 is 2.38 bits per heavy atom. The van der Waals surface area contributed by atoms with E-state index >= 15 is 0 Å². The number of hydrogen-bond acceptors (Lipinski definition) is 3. The smallest absolute Gasteiger partial charge is 0.143 e. The van der Waals surface area contributed by atoms with Crippen LogP contribution in [0.2, 0.25) is 0 Å². The van der Waals surface area contributed by atoms with Crippen molar-refractivity contribution in [2.75, 3.05) is 0 Å². The molecule has 0 aromatic heterocycles. The van der Waals surface area contributed by atoms with Crippen molar-refractivity contribution < 1.29 is 14.7 Å². The highest BCUT2D eigenvalue weighted by molar-refractivity contribution is 7.35. The fraction of sp³-hybridized carbons (Fsp3) is 0.0400. The van der Waals surface area contributed by atoms with Gasteiger partial charge < -0.3 is 14.7 Å². The zero-order valence-electron chi connectivity index (χ0n) is 16.0. The van der Waals surface area contributed by atoms with Gasteiger partial charge in [0.2, 0.25) is 0 Å². The van der Waals surface area contributed by atoms with E-state index in [2.05, 4.69) is 25.1 Å². The minimum atomic E-state index is -0.205. The molecule has 0 aliphatic carbocycles. The molecular formula is C25H21O3P. The molecule has 0 amide bonds. The predicted octanol–water partition coefficient (Wildman–Crippen LogP) is 6.87. The molecule has 0 saturated heterocycles. The Balaban J connectivity index is 1.86. The zero-order chi connectivity index (χ0) is 20.2. The first-order chi connectivity index (χ1) is 14.2. The van der Waals surface area contributed by atoms with Crippen molar-refractivity contribution in [1.82, 2.24) is 0 Å². The van der Waals surface area contributed by atoms with Gasteiger partial charge in [-0.3, -0.25) is 0 Å². The summed E-state index contributed by atoms with van der Waals surface area (Å²) in [6.45, 7) is 2.06. The van der Waals surface area contributed by atoms with Gasteiger partial charge in [0.1, 0.15) is 17.2 Å². The lowest BCUT2D eigenvalue weighted by Crippen LogP contribution is -1.93. The summed E-state index contributed by atoms with van der Waals surface area (Å²) in [5.41, 5.74) is 4.20. The lowest BCUT2D eigenvalue weighted by atomic mass is 9.94. The van der Waals surface area contributed by atoms with Gasteiger partial charge in [0, 0.05) is 19.8 Å². The maximum atomic E-state index is 9.93. The number of phenols is 1. The van der Waals surface area contributed by atoms with E-state index in [1.54, 1.807) is 17.9 Å². The number of rotatable bonds is 5. The molecule has 0 aliphatic rings. The molecular weight excluding hydrogens is 379 g/mol. The number of aromatic hydroxyl groups is 1. The lowest BCUT2D eigenvalue weighted by molar-refractivity contribution is 0.475. The third kappa shape index (κ3) is 4.17. The van der Waals surface area contributed by atoms with Crippen molar-refractivity contribution >= 4 is 25.7 Å². The number of fused-ring (bicyclic) bond motifs is 1. The number of benzene rings is 4. The highest BCUT2D eigenvalue weighted by Crippen LogP contribution is 2.42. The second-order valence-corrected chi connectivity index (χ2v) is 7.39. The molecule has 0 saturated carbocycles. The van der Waals surface area contributed by atoms with Gasteiger partial charge in [0.15, 0.2) is 0 Å². The number of aryl methyl sites for hydroxylation is 1. The van der Waals surface area contributed by atoms with Gasteiger partial charge in [-0.05, 0) is 65.1 Å². The molecule has 0 radical (unpaired) electrons. The standard InChI is InChI=1S/C25H21O3P/c1-17-15-20-16-21(26)9-12-23(20)25(24(17)19-5-3-2-4-6-19)28-22-10-7-18(8-11-22)13-14-29-27/h2-16,26-27,29H,1H3/b14-13+. The first kappa shape index (κ1) is 19.2. The second-order valence-electron chi connectivity index (χ2n) is 6.80. The third-order valence-corrected chi connectivity index (χ3v) is 5.10. The number of hydrogen-bond donors (Lipinski definition) is 2. The van der Waals surface area contributed by atoms with E-state index in [0.29, 0.717) is 0 Å². The van der Waals surface area contributed by atoms with Gasteiger partial charge in [-0.2, -0.15) is 0 Å². The quantitative estimate of drug-likeness (QED) is 0.359. The van der Waals surface area contributed by atoms with Crippen LogP contribution in [0.3, 0.4) is 0 Å². The molecule has 2 N–H and O–H groups in total. The van der Waals surface area contributed by atoms with E-state index < -0.39 is 0 Å². The second kappa shape index (κ2) is 8.48. The zero-order valence-corrected chi connectivity index (χ0v) is 17.0. The largest absolute Gasteiger partial charge is 0.508 e. The molecule has 3 nitrogen and oxygen atoms in total. The Kier molecular flexibility index (Phi) is 5.62. The van der Waals surface area contributed by atoms with Crippen LogP contribution in [0, 0.1) is 6.92 Å². The molecule has 0 aliphatic heterocycles. The van der Waals surface area contributed by atoms with Crippen LogP contribution in [0.5, 0.6) is 17.2 Å². The summed E-state index contributed by atoms with van der Waals surface area (Å²) in [6.07, 6.45) is 1.88. The molecule has 144 valence electrons. The van der Waals surface area contributed by atoms with E-state index in [1.807, 2.05) is 54.6 Å². The van der Waals surface area contributed by atoms with Crippen LogP contribution in [0.4, 0.5) is 0 Å². The average Bonchev–Trinajstić information content (AvgIpc) is 2.73. The van der Waals surface area contributed by atoms with Crippen LogP contribution >= 0.6 is 8.81 Å². The minimum absolute atomic E-state index is 0.205. The van der Waals surface area contributed by atoms with E-state index in [1.165, 1.54) is 0 Å². The van der Waals surface area contributed by atoms with Crippen molar-refractivity contribution in [1.29, 1.82) is 0 Å². The molecule has 29 heavy (non-hydrogen) atoms. The summed E-state index contributed by atoms with van der Waals surface area (Å²) in [7, 11) is -0.205. The van der Waals surface area contributed by atoms with E-state index in [4.69, 9.17) is 9.63 Å². The molecule has 0 bridgehead atoms. The first-order valence-electron chi connectivity index (χ1n) is 9.31. The normalized spacial score (nSPS) is 11.7. The fourth-order valence-electron chi connectivity index (χ4n) is 3.46. The Morgan fingerprint density at radius 1 is 0.897 bits per heavy atom. The Labute approximate surface area is 171 Å². The van der Waals surface area contributed by atoms with Crippen LogP contribution in [-0.4, -0.2) is 10.00 Å². The van der Waals surface area contributed by atoms with Crippen molar-refractivity contribution in [3.63, 3.8) is 0 Å². The van der Waals surface area contributed by atoms with Crippen molar-refractivity contribution in [3.8, 4) is 28.4 Å². The Hall–Kier alpha value is -3.13. The van der Waals surface area contributed by atoms with Crippen LogP contribution < -0.4 is 4.74 Å². The van der Waals surface area contributed by atoms with Gasteiger partial charge in [-0.1, -0.05) is 54.6 Å². The Bertz CT molecular complexity index is 1170. The summed E-state index contributed by atoms with van der Waals surface area (Å²) >= 11 is 0. The van der Waals surface area contributed by atoms with Crippen molar-refractivity contribution in [3.05, 3.63) is 95.8 Å². The molecule has 0 fully saturated rings. The summed E-state index contributed by atoms with van der Waals surface area (Å²) < 4.78 is 6.40. The fourth-order valence-corrected chi connectivity index (χ4v) is 3.73. The Morgan fingerprint density at radius 2 is 1.66 bits per heavy atom. The summed E-state index contributed by atoms with van der Waals surface area (Å²) in [5, 5.41) is 11.8. The van der Waals surface area contributed by atoms with Crippen LogP contribution in [0.25, 0.3) is 28.0 Å². The molecule has 0 heterocycles. The summed E-state index contributed by atoms with van der Waals surface area (Å²) in [5.74, 6) is 3.46. The van der Waals surface area contributed by atoms with Gasteiger partial charge >= 0.3 is 0 Å². The minimum Gasteiger partial charge on any atom is -0.508 e. The topological polar surface area (TPSA) is 49.7 Å².